The zero-order valence-electron chi connectivity index (χ0n) is 24.2. The Morgan fingerprint density at radius 1 is 1.10 bits per heavy atom. The Labute approximate surface area is 249 Å². The molecular formula is C30H41F3IN6O-. The van der Waals surface area contributed by atoms with Gasteiger partial charge in [0.25, 0.3) is 0 Å². The SMILES string of the molecule is C[I-]C1CC([C@H](c2nncn2C)C2CCCC(n3cc4c(C(F)(F)F)cc(CN5CCC[C@H](C)C5)cn4c3=O)C2)C1. The second-order valence-electron chi connectivity index (χ2n) is 12.8. The third-order valence-electron chi connectivity index (χ3n) is 9.87. The van der Waals surface area contributed by atoms with Crippen LogP contribution in [-0.2, 0) is 19.8 Å². The van der Waals surface area contributed by atoms with Crippen LogP contribution in [0.3, 0.4) is 0 Å². The van der Waals surface area contributed by atoms with E-state index in [2.05, 4.69) is 27.0 Å². The Bertz CT molecular complexity index is 1420. The first kappa shape index (κ1) is 29.2. The number of imidazole rings is 1. The van der Waals surface area contributed by atoms with E-state index in [0.717, 1.165) is 61.4 Å². The third-order valence-corrected chi connectivity index (χ3v) is 12.6. The number of aromatic nitrogens is 5. The monoisotopic (exact) mass is 685 g/mol. The Hall–Kier alpha value is -1.89. The van der Waals surface area contributed by atoms with E-state index < -0.39 is 11.7 Å². The van der Waals surface area contributed by atoms with Crippen LogP contribution in [0.1, 0.15) is 87.2 Å². The van der Waals surface area contributed by atoms with Crippen LogP contribution in [0.2, 0.25) is 0 Å². The molecule has 41 heavy (non-hydrogen) atoms. The molecule has 7 nitrogen and oxygen atoms in total. The Morgan fingerprint density at radius 3 is 2.59 bits per heavy atom. The number of nitrogens with zero attached hydrogens (tertiary/aromatic N) is 6. The summed E-state index contributed by atoms with van der Waals surface area (Å²) in [4.78, 5) is 18.3. The summed E-state index contributed by atoms with van der Waals surface area (Å²) in [6.07, 6.45) is 8.56. The van der Waals surface area contributed by atoms with E-state index in [4.69, 9.17) is 0 Å². The first-order valence-electron chi connectivity index (χ1n) is 15.0. The van der Waals surface area contributed by atoms with Gasteiger partial charge in [0.1, 0.15) is 0 Å². The topological polar surface area (TPSA) is 60.4 Å². The number of aryl methyl sites for hydroxylation is 1. The second kappa shape index (κ2) is 11.7. The molecule has 226 valence electrons. The molecule has 6 rings (SSSR count). The van der Waals surface area contributed by atoms with Crippen molar-refractivity contribution in [2.75, 3.05) is 18.0 Å². The maximum atomic E-state index is 14.3. The predicted octanol–water partition coefficient (Wildman–Crippen LogP) is 2.49. The predicted molar refractivity (Wildman–Crippen MR) is 148 cm³/mol. The van der Waals surface area contributed by atoms with Crippen LogP contribution in [0.4, 0.5) is 13.2 Å². The summed E-state index contributed by atoms with van der Waals surface area (Å²) in [7, 11) is 2.00. The fourth-order valence-electron chi connectivity index (χ4n) is 7.77. The van der Waals surface area contributed by atoms with E-state index in [1.54, 1.807) is 17.1 Å². The van der Waals surface area contributed by atoms with Gasteiger partial charge >= 0.3 is 187 Å². The van der Waals surface area contributed by atoms with Crippen molar-refractivity contribution in [3.8, 4) is 0 Å². The van der Waals surface area contributed by atoms with Gasteiger partial charge in [-0.1, -0.05) is 6.92 Å². The fraction of sp³-hybridized carbons (Fsp3) is 0.700. The molecular weight excluding hydrogens is 644 g/mol. The van der Waals surface area contributed by atoms with E-state index in [1.165, 1.54) is 29.5 Å². The number of rotatable bonds is 7. The number of halogens is 4. The molecule has 1 saturated heterocycles. The molecule has 0 bridgehead atoms. The van der Waals surface area contributed by atoms with Crippen LogP contribution in [0.15, 0.2) is 29.6 Å². The molecule has 0 amide bonds. The van der Waals surface area contributed by atoms with Gasteiger partial charge in [0.2, 0.25) is 0 Å². The van der Waals surface area contributed by atoms with Crippen LogP contribution in [0.25, 0.3) is 5.52 Å². The summed E-state index contributed by atoms with van der Waals surface area (Å²) < 4.78 is 48.7. The Balaban J connectivity index is 1.31. The molecule has 11 heteroatoms. The average Bonchev–Trinajstić information content (AvgIpc) is 3.47. The molecule has 3 aromatic rings. The molecule has 1 aliphatic heterocycles. The van der Waals surface area contributed by atoms with Gasteiger partial charge in [0, 0.05) is 13.1 Å². The molecule has 4 atom stereocenters. The van der Waals surface area contributed by atoms with Gasteiger partial charge in [0.15, 0.2) is 0 Å². The molecule has 0 aromatic carbocycles. The molecule has 4 heterocycles. The van der Waals surface area contributed by atoms with Gasteiger partial charge in [-0.25, -0.2) is 0 Å². The number of alkyl halides is 5. The third kappa shape index (κ3) is 5.86. The molecule has 0 N–H and O–H groups in total. The van der Waals surface area contributed by atoms with Crippen LogP contribution in [0.5, 0.6) is 0 Å². The van der Waals surface area contributed by atoms with Gasteiger partial charge in [0.05, 0.1) is 0 Å². The van der Waals surface area contributed by atoms with Crippen molar-refractivity contribution in [1.82, 2.24) is 28.6 Å². The Morgan fingerprint density at radius 2 is 1.90 bits per heavy atom. The summed E-state index contributed by atoms with van der Waals surface area (Å²) >= 11 is 0.221. The molecule has 0 spiro atoms. The second-order valence-corrected chi connectivity index (χ2v) is 15.8. The average molecular weight is 686 g/mol. The Kier molecular flexibility index (Phi) is 8.30. The number of piperidine rings is 1. The molecule has 2 aliphatic carbocycles. The number of likely N-dealkylation sites (tertiary alicyclic amines) is 1. The quantitative estimate of drug-likeness (QED) is 0.284. The van der Waals surface area contributed by atoms with Crippen LogP contribution in [-0.4, -0.2) is 50.6 Å². The van der Waals surface area contributed by atoms with E-state index in [9.17, 15) is 18.0 Å². The van der Waals surface area contributed by atoms with Crippen LogP contribution in [0, 0.1) is 17.8 Å². The standard InChI is InChI=1S/C30H41F3IN6O/c1-19-6-5-9-38(14-19)15-20-10-25(30(31,32)33)26-17-39(29(41)40(26)16-20)24-8-4-7-21(13-24)27(22-11-23(12-22)34-2)28-36-35-18-37(28)3/h10,16-19,21-24,27H,4-9,11-15H2,1-3H3/q-1/t19-,21?,22?,23?,24?,27+/m0/s1. The van der Waals surface area contributed by atoms with Crippen molar-refractivity contribution in [2.24, 2.45) is 24.8 Å². The zero-order valence-corrected chi connectivity index (χ0v) is 26.3. The van der Waals surface area contributed by atoms with Crippen molar-refractivity contribution in [2.45, 2.75) is 86.9 Å². The first-order chi connectivity index (χ1) is 19.6. The number of hydrogen-bond donors (Lipinski definition) is 0. The normalized spacial score (nSPS) is 28.7. The van der Waals surface area contributed by atoms with Crippen molar-refractivity contribution < 1.29 is 34.4 Å². The number of fused-ring (bicyclic) bond motifs is 1. The molecule has 3 fully saturated rings. The minimum atomic E-state index is -4.54. The summed E-state index contributed by atoms with van der Waals surface area (Å²) in [5, 5.41) is 8.69. The number of pyridine rings is 1. The van der Waals surface area contributed by atoms with Crippen molar-refractivity contribution in [3.05, 3.63) is 52.2 Å². The molecule has 2 saturated carbocycles. The van der Waals surface area contributed by atoms with E-state index in [0.29, 0.717) is 29.9 Å². The summed E-state index contributed by atoms with van der Waals surface area (Å²) in [5.74, 6) is 2.70. The molecule has 0 radical (unpaired) electrons. The molecule has 3 aromatic heterocycles. The van der Waals surface area contributed by atoms with Gasteiger partial charge in [-0.3, -0.25) is 4.90 Å². The minimum absolute atomic E-state index is 0.0426. The molecule has 2 unspecified atom stereocenters. The summed E-state index contributed by atoms with van der Waals surface area (Å²) in [6.45, 7) is 4.35. The maximum absolute atomic E-state index is 14.3. The van der Waals surface area contributed by atoms with Crippen molar-refractivity contribution in [3.63, 3.8) is 0 Å². The van der Waals surface area contributed by atoms with Gasteiger partial charge in [-0.15, -0.1) is 0 Å². The summed E-state index contributed by atoms with van der Waals surface area (Å²) in [5.41, 5.74) is -0.580. The van der Waals surface area contributed by atoms with Gasteiger partial charge < -0.3 is 0 Å². The van der Waals surface area contributed by atoms with Crippen LogP contribution >= 0.6 is 0 Å². The molecule has 3 aliphatic rings. The van der Waals surface area contributed by atoms with E-state index in [-0.39, 0.29) is 44.4 Å². The van der Waals surface area contributed by atoms with E-state index >= 15 is 0 Å². The van der Waals surface area contributed by atoms with Gasteiger partial charge in [-0.2, -0.15) is 13.2 Å². The summed E-state index contributed by atoms with van der Waals surface area (Å²) in [6, 6.07) is 1.13. The fourth-order valence-corrected chi connectivity index (χ4v) is 10.1. The van der Waals surface area contributed by atoms with Crippen molar-refractivity contribution in [1.29, 1.82) is 0 Å². The van der Waals surface area contributed by atoms with Crippen LogP contribution < -0.4 is 26.9 Å². The zero-order chi connectivity index (χ0) is 28.9. The van der Waals surface area contributed by atoms with Gasteiger partial charge in [-0.05, 0) is 25.3 Å². The van der Waals surface area contributed by atoms with E-state index in [1.807, 2.05) is 11.6 Å². The van der Waals surface area contributed by atoms with Crippen molar-refractivity contribution >= 4 is 5.52 Å². The number of hydrogen-bond acceptors (Lipinski definition) is 4. The first-order valence-corrected chi connectivity index (χ1v) is 18.4.